The van der Waals surface area contributed by atoms with Crippen LogP contribution in [0.4, 0.5) is 0 Å². The van der Waals surface area contributed by atoms with Crippen molar-refractivity contribution >= 4 is 27.5 Å². The molecule has 0 unspecified atom stereocenters. The van der Waals surface area contributed by atoms with Crippen LogP contribution < -0.4 is 0 Å². The normalized spacial score (nSPS) is 17.4. The van der Waals surface area contributed by atoms with Gasteiger partial charge in [-0.05, 0) is 46.6 Å². The summed E-state index contributed by atoms with van der Waals surface area (Å²) in [7, 11) is 0. The molecule has 1 heterocycles. The molecular weight excluding hydrogens is 284 g/mol. The molecule has 1 aromatic heterocycles. The van der Waals surface area contributed by atoms with Gasteiger partial charge in [0.1, 0.15) is 0 Å². The van der Waals surface area contributed by atoms with E-state index in [4.69, 9.17) is 0 Å². The molecule has 2 aromatic carbocycles. The Morgan fingerprint density at radius 3 is 2.77 bits per heavy atom. The quantitative estimate of drug-likeness (QED) is 0.466. The average molecular weight is 302 g/mol. The summed E-state index contributed by atoms with van der Waals surface area (Å²) in [5, 5.41) is 1.48. The lowest BCUT2D eigenvalue weighted by Crippen LogP contribution is -2.14. The van der Waals surface area contributed by atoms with Crippen LogP contribution >= 0.6 is 11.3 Å². The third-order valence-electron chi connectivity index (χ3n) is 5.37. The molecule has 0 atom stereocenters. The number of hydrogen-bond acceptors (Lipinski definition) is 1. The van der Waals surface area contributed by atoms with Gasteiger partial charge in [-0.3, -0.25) is 0 Å². The molecule has 0 bridgehead atoms. The van der Waals surface area contributed by atoms with Gasteiger partial charge in [0.15, 0.2) is 0 Å². The van der Waals surface area contributed by atoms with Crippen molar-refractivity contribution < 1.29 is 0 Å². The Balaban J connectivity index is 1.95. The van der Waals surface area contributed by atoms with Gasteiger partial charge in [0.25, 0.3) is 0 Å². The maximum absolute atomic E-state index is 2.38. The molecule has 0 amide bonds. The predicted molar refractivity (Wildman–Crippen MR) is 96.7 cm³/mol. The van der Waals surface area contributed by atoms with E-state index in [0.29, 0.717) is 0 Å². The van der Waals surface area contributed by atoms with Gasteiger partial charge in [0.2, 0.25) is 0 Å². The summed E-state index contributed by atoms with van der Waals surface area (Å²) in [4.78, 5) is 1.47. The van der Waals surface area contributed by atoms with Gasteiger partial charge in [-0.1, -0.05) is 56.3 Å². The van der Waals surface area contributed by atoms with E-state index < -0.39 is 0 Å². The molecule has 0 saturated heterocycles. The van der Waals surface area contributed by atoms with Crippen molar-refractivity contribution in [3.8, 4) is 11.1 Å². The maximum atomic E-state index is 2.38. The van der Waals surface area contributed by atoms with Crippen LogP contribution in [-0.4, -0.2) is 0 Å². The van der Waals surface area contributed by atoms with Crippen molar-refractivity contribution in [3.63, 3.8) is 0 Å². The van der Waals surface area contributed by atoms with Crippen molar-refractivity contribution in [3.05, 3.63) is 64.0 Å². The third kappa shape index (κ3) is 1.43. The van der Waals surface area contributed by atoms with Crippen LogP contribution in [0.5, 0.6) is 0 Å². The van der Waals surface area contributed by atoms with Crippen molar-refractivity contribution in [2.45, 2.75) is 32.1 Å². The molecular formula is C21H18S. The Labute approximate surface area is 135 Å². The fraction of sp³-hybridized carbons (Fsp3) is 0.238. The van der Waals surface area contributed by atoms with Crippen LogP contribution in [0.15, 0.2) is 42.5 Å². The van der Waals surface area contributed by atoms with E-state index in [-0.39, 0.29) is 5.41 Å². The summed E-state index contributed by atoms with van der Waals surface area (Å²) in [5.74, 6) is 0. The van der Waals surface area contributed by atoms with Gasteiger partial charge >= 0.3 is 0 Å². The summed E-state index contributed by atoms with van der Waals surface area (Å²) in [6.45, 7) is 4.72. The van der Waals surface area contributed by atoms with E-state index >= 15 is 0 Å². The number of benzene rings is 2. The zero-order valence-electron chi connectivity index (χ0n) is 12.9. The third-order valence-corrected chi connectivity index (χ3v) is 6.60. The fourth-order valence-electron chi connectivity index (χ4n) is 4.22. The number of hydrogen-bond donors (Lipinski definition) is 0. The average Bonchev–Trinajstić information content (AvgIpc) is 3.02. The van der Waals surface area contributed by atoms with Gasteiger partial charge in [0, 0.05) is 20.6 Å². The first-order chi connectivity index (χ1) is 10.7. The first-order valence-electron chi connectivity index (χ1n) is 8.03. The molecule has 5 rings (SSSR count). The second kappa shape index (κ2) is 4.11. The maximum Gasteiger partial charge on any atom is 0.0433 e. The van der Waals surface area contributed by atoms with Crippen molar-refractivity contribution in [2.24, 2.45) is 0 Å². The number of fused-ring (bicyclic) bond motifs is 7. The van der Waals surface area contributed by atoms with E-state index in [1.165, 1.54) is 50.1 Å². The smallest absolute Gasteiger partial charge is 0.0433 e. The zero-order valence-corrected chi connectivity index (χ0v) is 13.8. The predicted octanol–water partition coefficient (Wildman–Crippen LogP) is 6.17. The second-order valence-electron chi connectivity index (χ2n) is 6.92. The molecule has 0 radical (unpaired) electrons. The van der Waals surface area contributed by atoms with E-state index in [9.17, 15) is 0 Å². The van der Waals surface area contributed by atoms with E-state index in [1.54, 1.807) is 5.56 Å². The molecule has 108 valence electrons. The highest BCUT2D eigenvalue weighted by Gasteiger charge is 2.36. The van der Waals surface area contributed by atoms with Crippen LogP contribution in [0, 0.1) is 0 Å². The molecule has 0 saturated carbocycles. The molecule has 0 N–H and O–H groups in total. The van der Waals surface area contributed by atoms with Crippen LogP contribution in [-0.2, 0) is 11.8 Å². The summed E-state index contributed by atoms with van der Waals surface area (Å²) in [6.07, 6.45) is 7.01. The van der Waals surface area contributed by atoms with Crippen molar-refractivity contribution in [1.29, 1.82) is 0 Å². The lowest BCUT2D eigenvalue weighted by Gasteiger charge is -2.21. The summed E-state index contributed by atoms with van der Waals surface area (Å²) < 4.78 is 1.49. The Morgan fingerprint density at radius 2 is 1.86 bits per heavy atom. The number of aryl methyl sites for hydroxylation is 1. The van der Waals surface area contributed by atoms with Gasteiger partial charge < -0.3 is 0 Å². The Morgan fingerprint density at radius 1 is 1.00 bits per heavy atom. The number of allylic oxidation sites excluding steroid dienone is 1. The lowest BCUT2D eigenvalue weighted by molar-refractivity contribution is 0.661. The van der Waals surface area contributed by atoms with Crippen LogP contribution in [0.1, 0.15) is 41.8 Å². The highest BCUT2D eigenvalue weighted by atomic mass is 32.1. The Hall–Kier alpha value is -1.86. The van der Waals surface area contributed by atoms with Crippen LogP contribution in [0.3, 0.4) is 0 Å². The van der Waals surface area contributed by atoms with Gasteiger partial charge in [0.05, 0.1) is 0 Å². The summed E-state index contributed by atoms with van der Waals surface area (Å²) >= 11 is 1.98. The Kier molecular flexibility index (Phi) is 2.37. The lowest BCUT2D eigenvalue weighted by atomic mass is 9.82. The molecule has 22 heavy (non-hydrogen) atoms. The van der Waals surface area contributed by atoms with Crippen molar-refractivity contribution in [2.75, 3.05) is 0 Å². The minimum atomic E-state index is 0.112. The van der Waals surface area contributed by atoms with Crippen LogP contribution in [0.25, 0.3) is 27.3 Å². The van der Waals surface area contributed by atoms with Gasteiger partial charge in [-0.25, -0.2) is 0 Å². The standard InChI is InChI=1S/C21H18S/c1-21(2)16-9-5-3-8-15(16)19-17(21)12-11-14-13-7-4-6-10-18(13)22-20(14)19/h3,5-6,8-12H,4,7H2,1-2H3. The fourth-order valence-corrected chi connectivity index (χ4v) is 5.56. The minimum absolute atomic E-state index is 0.112. The molecule has 0 nitrogen and oxygen atoms in total. The molecule has 1 heteroatoms. The monoisotopic (exact) mass is 302 g/mol. The minimum Gasteiger partial charge on any atom is -0.135 e. The van der Waals surface area contributed by atoms with E-state index in [2.05, 4.69) is 62.4 Å². The molecule has 0 spiro atoms. The highest BCUT2D eigenvalue weighted by molar-refractivity contribution is 7.20. The summed E-state index contributed by atoms with van der Waals surface area (Å²) in [6, 6.07) is 13.7. The molecule has 0 fully saturated rings. The molecule has 0 aliphatic heterocycles. The molecule has 2 aliphatic rings. The van der Waals surface area contributed by atoms with Crippen LogP contribution in [0.2, 0.25) is 0 Å². The summed E-state index contributed by atoms with van der Waals surface area (Å²) in [5.41, 5.74) is 7.57. The van der Waals surface area contributed by atoms with Crippen molar-refractivity contribution in [1.82, 2.24) is 0 Å². The number of rotatable bonds is 0. The highest BCUT2D eigenvalue weighted by Crippen LogP contribution is 2.53. The number of thiophene rings is 1. The molecule has 3 aromatic rings. The second-order valence-corrected chi connectivity index (χ2v) is 7.97. The Bertz CT molecular complexity index is 953. The van der Waals surface area contributed by atoms with Gasteiger partial charge in [-0.2, -0.15) is 0 Å². The largest absolute Gasteiger partial charge is 0.135 e. The topological polar surface area (TPSA) is 0 Å². The van der Waals surface area contributed by atoms with E-state index in [1.807, 2.05) is 11.3 Å². The molecule has 2 aliphatic carbocycles. The SMILES string of the molecule is CC1(C)c2ccccc2-c2c1ccc1c3c(sc21)C=CCC3. The van der Waals surface area contributed by atoms with Gasteiger partial charge in [-0.15, -0.1) is 11.3 Å². The van der Waals surface area contributed by atoms with E-state index in [0.717, 1.165) is 0 Å². The first kappa shape index (κ1) is 12.7. The zero-order chi connectivity index (χ0) is 14.9. The first-order valence-corrected chi connectivity index (χ1v) is 8.85.